The zero-order valence-corrected chi connectivity index (χ0v) is 14.4. The normalized spacial score (nSPS) is 11.0. The number of hydrogen-bond donors (Lipinski definition) is 1. The van der Waals surface area contributed by atoms with Crippen LogP contribution in [0.5, 0.6) is 0 Å². The van der Waals surface area contributed by atoms with Gasteiger partial charge in [-0.1, -0.05) is 17.3 Å². The minimum Gasteiger partial charge on any atom is -0.397 e. The third-order valence-electron chi connectivity index (χ3n) is 2.88. The van der Waals surface area contributed by atoms with E-state index in [4.69, 9.17) is 10.3 Å². The summed E-state index contributed by atoms with van der Waals surface area (Å²) in [5.74, 6) is 1.81. The van der Waals surface area contributed by atoms with Crippen molar-refractivity contribution in [2.24, 2.45) is 0 Å². The molecule has 7 heteroatoms. The summed E-state index contributed by atoms with van der Waals surface area (Å²) in [6.07, 6.45) is 0. The van der Waals surface area contributed by atoms with E-state index in [2.05, 4.69) is 32.1 Å². The molecule has 108 valence electrons. The van der Waals surface area contributed by atoms with Crippen LogP contribution in [0, 0.1) is 6.92 Å². The minimum atomic E-state index is 0.494. The molecule has 0 spiro atoms. The Balaban J connectivity index is 1.74. The van der Waals surface area contributed by atoms with Gasteiger partial charge in [-0.15, -0.1) is 23.1 Å². The molecule has 0 atom stereocenters. The number of aryl methyl sites for hydroxylation is 1. The highest BCUT2D eigenvalue weighted by atomic mass is 79.9. The first-order chi connectivity index (χ1) is 10.1. The number of nitrogen functional groups attached to an aromatic ring is 1. The first kappa shape index (κ1) is 14.6. The van der Waals surface area contributed by atoms with Gasteiger partial charge in [0.1, 0.15) is 4.88 Å². The number of aromatic nitrogens is 2. The summed E-state index contributed by atoms with van der Waals surface area (Å²) in [5.41, 5.74) is 7.76. The van der Waals surface area contributed by atoms with Crippen molar-refractivity contribution in [2.45, 2.75) is 17.6 Å². The summed E-state index contributed by atoms with van der Waals surface area (Å²) in [5, 5.41) is 6.01. The molecule has 2 N–H and O–H groups in total. The van der Waals surface area contributed by atoms with Crippen LogP contribution in [0.1, 0.15) is 11.4 Å². The molecule has 1 aromatic carbocycles. The highest BCUT2D eigenvalue weighted by molar-refractivity contribution is 9.10. The predicted octanol–water partition coefficient (Wildman–Crippen LogP) is 4.74. The van der Waals surface area contributed by atoms with Gasteiger partial charge in [0, 0.05) is 9.37 Å². The number of halogens is 1. The van der Waals surface area contributed by atoms with Crippen molar-refractivity contribution in [3.63, 3.8) is 0 Å². The third kappa shape index (κ3) is 3.14. The number of nitrogens with zero attached hydrogens (tertiary/aromatic N) is 2. The number of hydrogen-bond acceptors (Lipinski definition) is 6. The van der Waals surface area contributed by atoms with E-state index in [1.807, 2.05) is 30.5 Å². The average Bonchev–Trinajstić information content (AvgIpc) is 3.06. The summed E-state index contributed by atoms with van der Waals surface area (Å²) >= 11 is 6.71. The molecule has 0 saturated heterocycles. The fraction of sp³-hybridized carbons (Fsp3) is 0.143. The van der Waals surface area contributed by atoms with Crippen molar-refractivity contribution in [1.82, 2.24) is 10.1 Å². The first-order valence-corrected chi connectivity index (χ1v) is 8.85. The Bertz CT molecular complexity index is 769. The monoisotopic (exact) mass is 381 g/mol. The van der Waals surface area contributed by atoms with Gasteiger partial charge in [-0.3, -0.25) is 0 Å². The van der Waals surface area contributed by atoms with Crippen molar-refractivity contribution in [2.75, 3.05) is 5.73 Å². The molecular formula is C14H12BrN3OS2. The largest absolute Gasteiger partial charge is 0.397 e. The first-order valence-electron chi connectivity index (χ1n) is 6.19. The van der Waals surface area contributed by atoms with Crippen molar-refractivity contribution < 1.29 is 4.52 Å². The third-order valence-corrected chi connectivity index (χ3v) is 6.00. The Hall–Kier alpha value is -1.31. The number of thiophene rings is 1. The Morgan fingerprint density at radius 1 is 1.38 bits per heavy atom. The fourth-order valence-electron chi connectivity index (χ4n) is 1.73. The Morgan fingerprint density at radius 2 is 2.19 bits per heavy atom. The molecule has 2 aromatic heterocycles. The van der Waals surface area contributed by atoms with Crippen LogP contribution in [0.4, 0.5) is 5.69 Å². The van der Waals surface area contributed by atoms with Crippen LogP contribution in [0.3, 0.4) is 0 Å². The maximum atomic E-state index is 6.00. The molecule has 0 unspecified atom stereocenters. The fourth-order valence-corrected chi connectivity index (χ4v) is 4.03. The van der Waals surface area contributed by atoms with E-state index in [1.165, 1.54) is 11.3 Å². The second-order valence-electron chi connectivity index (χ2n) is 4.40. The number of benzene rings is 1. The maximum absolute atomic E-state index is 6.00. The van der Waals surface area contributed by atoms with Crippen LogP contribution in [0.2, 0.25) is 0 Å². The van der Waals surface area contributed by atoms with Gasteiger partial charge in [-0.2, -0.15) is 4.98 Å². The lowest BCUT2D eigenvalue weighted by Gasteiger charge is -2.00. The zero-order chi connectivity index (χ0) is 14.8. The van der Waals surface area contributed by atoms with Gasteiger partial charge >= 0.3 is 0 Å². The van der Waals surface area contributed by atoms with Gasteiger partial charge in [0.05, 0.1) is 11.4 Å². The molecule has 0 radical (unpaired) electrons. The highest BCUT2D eigenvalue weighted by Crippen LogP contribution is 2.34. The average molecular weight is 382 g/mol. The number of rotatable bonds is 4. The summed E-state index contributed by atoms with van der Waals surface area (Å²) in [7, 11) is 0. The molecule has 3 aromatic rings. The van der Waals surface area contributed by atoms with Gasteiger partial charge in [0.2, 0.25) is 0 Å². The van der Waals surface area contributed by atoms with Crippen LogP contribution >= 0.6 is 39.0 Å². The van der Waals surface area contributed by atoms with Gasteiger partial charge < -0.3 is 10.3 Å². The van der Waals surface area contributed by atoms with E-state index in [0.29, 0.717) is 23.2 Å². The van der Waals surface area contributed by atoms with Gasteiger partial charge in [0.15, 0.2) is 5.82 Å². The van der Waals surface area contributed by atoms with Crippen LogP contribution in [0.15, 0.2) is 43.5 Å². The highest BCUT2D eigenvalue weighted by Gasteiger charge is 2.15. The maximum Gasteiger partial charge on any atom is 0.270 e. The van der Waals surface area contributed by atoms with Crippen molar-refractivity contribution in [3.05, 3.63) is 45.5 Å². The quantitative estimate of drug-likeness (QED) is 0.660. The molecule has 3 rings (SSSR count). The van der Waals surface area contributed by atoms with E-state index < -0.39 is 0 Å². The second kappa shape index (κ2) is 6.21. The summed E-state index contributed by atoms with van der Waals surface area (Å²) in [6, 6.07) is 8.06. The van der Waals surface area contributed by atoms with Gasteiger partial charge in [-0.25, -0.2) is 0 Å². The van der Waals surface area contributed by atoms with Gasteiger partial charge in [-0.05, 0) is 45.9 Å². The van der Waals surface area contributed by atoms with Gasteiger partial charge in [0.25, 0.3) is 5.89 Å². The van der Waals surface area contributed by atoms with Crippen LogP contribution in [-0.2, 0) is 5.75 Å². The SMILES string of the molecule is Cc1csc(-c2nc(CSc3ccccc3Br)no2)c1N. The lowest BCUT2D eigenvalue weighted by molar-refractivity contribution is 0.426. The van der Waals surface area contributed by atoms with E-state index >= 15 is 0 Å². The smallest absolute Gasteiger partial charge is 0.270 e. The number of anilines is 1. The summed E-state index contributed by atoms with van der Waals surface area (Å²) < 4.78 is 6.37. The second-order valence-corrected chi connectivity index (χ2v) is 7.15. The molecular weight excluding hydrogens is 370 g/mol. The minimum absolute atomic E-state index is 0.494. The molecule has 21 heavy (non-hydrogen) atoms. The van der Waals surface area contributed by atoms with E-state index in [1.54, 1.807) is 11.8 Å². The number of nitrogens with two attached hydrogens (primary N) is 1. The zero-order valence-electron chi connectivity index (χ0n) is 11.2. The summed E-state index contributed by atoms with van der Waals surface area (Å²) in [4.78, 5) is 6.41. The Kier molecular flexibility index (Phi) is 4.32. The molecule has 0 amide bonds. The van der Waals surface area contributed by atoms with Crippen molar-refractivity contribution in [3.8, 4) is 10.8 Å². The van der Waals surface area contributed by atoms with Crippen LogP contribution < -0.4 is 5.73 Å². The topological polar surface area (TPSA) is 64.9 Å². The Labute approximate surface area is 138 Å². The molecule has 0 saturated carbocycles. The molecule has 0 aliphatic heterocycles. The molecule has 4 nitrogen and oxygen atoms in total. The van der Waals surface area contributed by atoms with E-state index in [-0.39, 0.29) is 0 Å². The van der Waals surface area contributed by atoms with E-state index in [0.717, 1.165) is 19.8 Å². The molecule has 0 fully saturated rings. The lowest BCUT2D eigenvalue weighted by Crippen LogP contribution is -1.88. The molecule has 0 bridgehead atoms. The molecule has 0 aliphatic carbocycles. The lowest BCUT2D eigenvalue weighted by atomic mass is 10.3. The van der Waals surface area contributed by atoms with Crippen molar-refractivity contribution >= 4 is 44.7 Å². The van der Waals surface area contributed by atoms with Crippen LogP contribution in [0.25, 0.3) is 10.8 Å². The van der Waals surface area contributed by atoms with E-state index in [9.17, 15) is 0 Å². The van der Waals surface area contributed by atoms with Crippen molar-refractivity contribution in [1.29, 1.82) is 0 Å². The van der Waals surface area contributed by atoms with Crippen LogP contribution in [-0.4, -0.2) is 10.1 Å². The molecule has 0 aliphatic rings. The number of thioether (sulfide) groups is 1. The summed E-state index contributed by atoms with van der Waals surface area (Å²) in [6.45, 7) is 1.97. The Morgan fingerprint density at radius 3 is 2.90 bits per heavy atom. The predicted molar refractivity (Wildman–Crippen MR) is 90.5 cm³/mol. The molecule has 2 heterocycles. The standard InChI is InChI=1S/C14H12BrN3OS2/c1-8-6-21-13(12(8)16)14-17-11(18-19-14)7-20-10-5-3-2-4-9(10)15/h2-6H,7,16H2,1H3.